The molecule has 0 radical (unpaired) electrons. The first-order chi connectivity index (χ1) is 7.22. The summed E-state index contributed by atoms with van der Waals surface area (Å²) < 4.78 is 0. The van der Waals surface area contributed by atoms with Crippen LogP contribution in [-0.4, -0.2) is 16.8 Å². The van der Waals surface area contributed by atoms with Gasteiger partial charge in [0.2, 0.25) is 0 Å². The lowest BCUT2D eigenvalue weighted by molar-refractivity contribution is -0.131. The topological polar surface area (TPSA) is 37.3 Å². The zero-order chi connectivity index (χ0) is 11.1. The van der Waals surface area contributed by atoms with Gasteiger partial charge < -0.3 is 5.11 Å². The van der Waals surface area contributed by atoms with Crippen molar-refractivity contribution >= 4 is 36.0 Å². The first-order valence-corrected chi connectivity index (χ1v) is 5.83. The Kier molecular flexibility index (Phi) is 5.02. The van der Waals surface area contributed by atoms with Crippen LogP contribution in [0.1, 0.15) is 16.9 Å². The van der Waals surface area contributed by atoms with Crippen molar-refractivity contribution in [2.75, 3.05) is 5.75 Å². The average Bonchev–Trinajstić information content (AvgIpc) is 2.63. The molecule has 0 spiro atoms. The van der Waals surface area contributed by atoms with Crippen molar-refractivity contribution in [3.63, 3.8) is 0 Å². The van der Waals surface area contributed by atoms with Crippen LogP contribution in [0.4, 0.5) is 0 Å². The molecule has 1 heterocycles. The van der Waals surface area contributed by atoms with Gasteiger partial charge in [-0.3, -0.25) is 0 Å². The zero-order valence-electron chi connectivity index (χ0n) is 7.93. The molecule has 4 heteroatoms. The minimum atomic E-state index is -0.939. The number of carboxylic acids is 1. The molecule has 0 unspecified atom stereocenters. The van der Waals surface area contributed by atoms with Crippen LogP contribution in [-0.2, 0) is 4.79 Å². The van der Waals surface area contributed by atoms with Crippen LogP contribution in [0.25, 0.3) is 6.08 Å². The number of rotatable bonds is 3. The van der Waals surface area contributed by atoms with Gasteiger partial charge >= 0.3 is 5.97 Å². The fraction of sp³-hybridized carbons (Fsp3) is 0.182. The fourth-order valence-corrected chi connectivity index (χ4v) is 1.72. The van der Waals surface area contributed by atoms with Crippen molar-refractivity contribution in [1.82, 2.24) is 0 Å². The fourth-order valence-electron chi connectivity index (χ4n) is 0.880. The normalized spacial score (nSPS) is 9.93. The summed E-state index contributed by atoms with van der Waals surface area (Å²) in [7, 11) is 0. The molecule has 0 aliphatic heterocycles. The SMILES string of the molecule is O=C(O)/C=C/c1cc(C#CCCS)cs1. The Morgan fingerprint density at radius 2 is 2.47 bits per heavy atom. The molecule has 0 fully saturated rings. The lowest BCUT2D eigenvalue weighted by Crippen LogP contribution is -1.84. The van der Waals surface area contributed by atoms with E-state index in [2.05, 4.69) is 24.5 Å². The second-order valence-electron chi connectivity index (χ2n) is 2.68. The van der Waals surface area contributed by atoms with Gasteiger partial charge in [-0.15, -0.1) is 11.3 Å². The first-order valence-electron chi connectivity index (χ1n) is 4.31. The van der Waals surface area contributed by atoms with Crippen LogP contribution in [0.3, 0.4) is 0 Å². The Balaban J connectivity index is 2.65. The zero-order valence-corrected chi connectivity index (χ0v) is 9.65. The summed E-state index contributed by atoms with van der Waals surface area (Å²) in [6.45, 7) is 0. The number of aliphatic carboxylic acids is 1. The maximum atomic E-state index is 10.3. The predicted molar refractivity (Wildman–Crippen MR) is 66.3 cm³/mol. The van der Waals surface area contributed by atoms with Crippen LogP contribution in [0, 0.1) is 11.8 Å². The Morgan fingerprint density at radius 1 is 1.67 bits per heavy atom. The van der Waals surface area contributed by atoms with Crippen LogP contribution in [0.5, 0.6) is 0 Å². The molecule has 0 aliphatic carbocycles. The van der Waals surface area contributed by atoms with Crippen molar-refractivity contribution in [1.29, 1.82) is 0 Å². The van der Waals surface area contributed by atoms with Crippen LogP contribution >= 0.6 is 24.0 Å². The van der Waals surface area contributed by atoms with Crippen LogP contribution < -0.4 is 0 Å². The minimum absolute atomic E-state index is 0.753. The highest BCUT2D eigenvalue weighted by Gasteiger charge is 1.94. The summed E-state index contributed by atoms with van der Waals surface area (Å²) in [5.74, 6) is 5.77. The molecular formula is C11H10O2S2. The van der Waals surface area contributed by atoms with E-state index in [1.54, 1.807) is 6.08 Å². The minimum Gasteiger partial charge on any atom is -0.478 e. The van der Waals surface area contributed by atoms with E-state index in [0.717, 1.165) is 28.7 Å². The third kappa shape index (κ3) is 4.73. The first kappa shape index (κ1) is 11.9. The van der Waals surface area contributed by atoms with E-state index in [4.69, 9.17) is 5.11 Å². The molecule has 1 aromatic heterocycles. The van der Waals surface area contributed by atoms with Crippen molar-refractivity contribution < 1.29 is 9.90 Å². The molecule has 0 saturated heterocycles. The number of thiol groups is 1. The second-order valence-corrected chi connectivity index (χ2v) is 4.07. The van der Waals surface area contributed by atoms with Crippen molar-refractivity contribution in [3.05, 3.63) is 28.0 Å². The summed E-state index contributed by atoms with van der Waals surface area (Å²) in [6.07, 6.45) is 3.45. The summed E-state index contributed by atoms with van der Waals surface area (Å²) in [5, 5.41) is 10.3. The molecule has 0 aliphatic rings. The van der Waals surface area contributed by atoms with E-state index >= 15 is 0 Å². The van der Waals surface area contributed by atoms with E-state index in [0.29, 0.717) is 0 Å². The van der Waals surface area contributed by atoms with Gasteiger partial charge in [-0.05, 0) is 12.1 Å². The highest BCUT2D eigenvalue weighted by Crippen LogP contribution is 2.15. The number of carbonyl (C=O) groups is 1. The summed E-state index contributed by atoms with van der Waals surface area (Å²) in [6, 6.07) is 1.87. The molecular weight excluding hydrogens is 228 g/mol. The van der Waals surface area contributed by atoms with Gasteiger partial charge in [0.25, 0.3) is 0 Å². The Morgan fingerprint density at radius 3 is 3.13 bits per heavy atom. The van der Waals surface area contributed by atoms with Crippen LogP contribution in [0.2, 0.25) is 0 Å². The Labute approximate surface area is 98.0 Å². The number of hydrogen-bond acceptors (Lipinski definition) is 3. The van der Waals surface area contributed by atoms with Crippen molar-refractivity contribution in [2.24, 2.45) is 0 Å². The van der Waals surface area contributed by atoms with E-state index < -0.39 is 5.97 Å². The average molecular weight is 238 g/mol. The highest BCUT2D eigenvalue weighted by atomic mass is 32.1. The van der Waals surface area contributed by atoms with E-state index in [1.165, 1.54) is 11.3 Å². The van der Waals surface area contributed by atoms with Crippen molar-refractivity contribution in [2.45, 2.75) is 6.42 Å². The van der Waals surface area contributed by atoms with Crippen molar-refractivity contribution in [3.8, 4) is 11.8 Å². The molecule has 0 saturated carbocycles. The summed E-state index contributed by atoms with van der Waals surface area (Å²) in [4.78, 5) is 11.2. The number of thiophene rings is 1. The molecule has 0 aromatic carbocycles. The number of carboxylic acid groups (broad SMARTS) is 1. The van der Waals surface area contributed by atoms with E-state index in [9.17, 15) is 4.79 Å². The standard InChI is InChI=1S/C11H10O2S2/c12-11(13)5-4-10-7-9(8-15-10)3-1-2-6-14/h4-5,7-8,14H,2,6H2,(H,12,13)/b5-4+. The smallest absolute Gasteiger partial charge is 0.328 e. The third-order valence-corrected chi connectivity index (χ3v) is 2.60. The molecule has 0 bridgehead atoms. The van der Waals surface area contributed by atoms with E-state index in [-0.39, 0.29) is 0 Å². The molecule has 0 atom stereocenters. The van der Waals surface area contributed by atoms with Gasteiger partial charge in [0.05, 0.1) is 0 Å². The van der Waals surface area contributed by atoms with Gasteiger partial charge in [0.1, 0.15) is 0 Å². The van der Waals surface area contributed by atoms with Gasteiger partial charge in [0.15, 0.2) is 0 Å². The maximum absolute atomic E-state index is 10.3. The van der Waals surface area contributed by atoms with Gasteiger partial charge in [-0.2, -0.15) is 12.6 Å². The molecule has 1 N–H and O–H groups in total. The largest absolute Gasteiger partial charge is 0.478 e. The quantitative estimate of drug-likeness (QED) is 0.482. The van der Waals surface area contributed by atoms with Crippen LogP contribution in [0.15, 0.2) is 17.5 Å². The van der Waals surface area contributed by atoms with Gasteiger partial charge in [0, 0.05) is 34.1 Å². The lowest BCUT2D eigenvalue weighted by Gasteiger charge is -1.80. The molecule has 1 rings (SSSR count). The monoisotopic (exact) mass is 238 g/mol. The van der Waals surface area contributed by atoms with Gasteiger partial charge in [-0.1, -0.05) is 11.8 Å². The molecule has 2 nitrogen and oxygen atoms in total. The highest BCUT2D eigenvalue weighted by molar-refractivity contribution is 7.80. The summed E-state index contributed by atoms with van der Waals surface area (Å²) >= 11 is 5.53. The third-order valence-electron chi connectivity index (χ3n) is 1.48. The van der Waals surface area contributed by atoms with E-state index in [1.807, 2.05) is 11.4 Å². The summed E-state index contributed by atoms with van der Waals surface area (Å²) in [5.41, 5.74) is 0.923. The molecule has 78 valence electrons. The number of hydrogen-bond donors (Lipinski definition) is 2. The Bertz CT molecular complexity index is 421. The lowest BCUT2D eigenvalue weighted by atomic mass is 10.3. The Hall–Kier alpha value is -1.18. The second kappa shape index (κ2) is 6.33. The predicted octanol–water partition coefficient (Wildman–Crippen LogP) is 2.52. The van der Waals surface area contributed by atoms with Gasteiger partial charge in [-0.25, -0.2) is 4.79 Å². The molecule has 1 aromatic rings. The molecule has 0 amide bonds. The maximum Gasteiger partial charge on any atom is 0.328 e. The molecule has 15 heavy (non-hydrogen) atoms.